The highest BCUT2D eigenvalue weighted by molar-refractivity contribution is 8.00. The maximum absolute atomic E-state index is 14.0. The summed E-state index contributed by atoms with van der Waals surface area (Å²) in [6, 6.07) is 27.2. The average Bonchev–Trinajstić information content (AvgIpc) is 3.78. The van der Waals surface area contributed by atoms with Gasteiger partial charge in [-0.05, 0) is 95.6 Å². The molecule has 0 saturated carbocycles. The largest absolute Gasteiger partial charge is 0.465 e. The van der Waals surface area contributed by atoms with E-state index in [0.717, 1.165) is 52.1 Å². The maximum Gasteiger partial charge on any atom is 0.341 e. The van der Waals surface area contributed by atoms with Crippen LogP contribution in [0, 0.1) is 0 Å². The van der Waals surface area contributed by atoms with Gasteiger partial charge in [0.05, 0.1) is 12.7 Å². The van der Waals surface area contributed by atoms with Gasteiger partial charge in [-0.15, -0.1) is 23.1 Å². The van der Waals surface area contributed by atoms with Gasteiger partial charge in [0.1, 0.15) is 15.9 Å². The summed E-state index contributed by atoms with van der Waals surface area (Å²) in [7, 11) is 1.35. The van der Waals surface area contributed by atoms with Gasteiger partial charge in [-0.25, -0.2) is 4.79 Å². The predicted molar refractivity (Wildman–Crippen MR) is 197 cm³/mol. The number of rotatable bonds is 11. The molecule has 1 atom stereocenters. The summed E-state index contributed by atoms with van der Waals surface area (Å²) in [5.41, 5.74) is 3.99. The van der Waals surface area contributed by atoms with Crippen molar-refractivity contribution in [1.82, 2.24) is 5.32 Å². The number of aryl methyl sites for hydroxylation is 1. The molecule has 0 spiro atoms. The molecule has 49 heavy (non-hydrogen) atoms. The first-order chi connectivity index (χ1) is 23.9. The van der Waals surface area contributed by atoms with Crippen molar-refractivity contribution in [2.24, 2.45) is 0 Å². The molecule has 1 aliphatic rings. The fourth-order valence-corrected chi connectivity index (χ4v) is 8.48. The van der Waals surface area contributed by atoms with Crippen LogP contribution >= 0.6 is 34.4 Å². The number of methoxy groups -OCH3 is 1. The Kier molecular flexibility index (Phi) is 11.0. The molecule has 8 nitrogen and oxygen atoms in total. The molecule has 0 bridgehead atoms. The summed E-state index contributed by atoms with van der Waals surface area (Å²) in [6.45, 7) is 0. The molecule has 3 aromatic carbocycles. The molecule has 1 aliphatic carbocycles. The topological polar surface area (TPSA) is 114 Å². The highest BCUT2D eigenvalue weighted by atomic mass is 32.2. The first-order valence-corrected chi connectivity index (χ1v) is 18.3. The monoisotopic (exact) mass is 707 g/mol. The molecular formula is C38H33N3O5S3. The van der Waals surface area contributed by atoms with Crippen molar-refractivity contribution in [2.45, 2.75) is 35.8 Å². The third-order valence-corrected chi connectivity index (χ3v) is 11.0. The van der Waals surface area contributed by atoms with Crippen molar-refractivity contribution in [3.05, 3.63) is 140 Å². The van der Waals surface area contributed by atoms with Crippen LogP contribution in [0.25, 0.3) is 6.08 Å². The standard InChI is InChI=1S/C38H33N3O5S3/c1-46-38(45)32-29-17-8-9-18-31(29)49-37(32)41-36(44)33(25-11-4-2-5-12-25)48-28-16-10-15-27(22-28)39-35(43)30(21-24-19-20-47-23-24)40-34(42)26-13-6-3-7-14-26/h2-7,10-16,19-23,33H,8-9,17-18H2,1H3,(H,39,43)(H,40,42)(H,41,44)/b30-21-. The quantitative estimate of drug-likeness (QED) is 0.0723. The maximum atomic E-state index is 14.0. The van der Waals surface area contributed by atoms with Gasteiger partial charge in [-0.3, -0.25) is 14.4 Å². The van der Waals surface area contributed by atoms with Crippen molar-refractivity contribution in [3.63, 3.8) is 0 Å². The smallest absolute Gasteiger partial charge is 0.341 e. The van der Waals surface area contributed by atoms with Crippen molar-refractivity contribution in [2.75, 3.05) is 17.7 Å². The van der Waals surface area contributed by atoms with E-state index in [9.17, 15) is 19.2 Å². The SMILES string of the molecule is COC(=O)c1c(NC(=O)C(Sc2cccc(NC(=O)/C(=C/c3ccsc3)NC(=O)c3ccccc3)c2)c2ccccc2)sc2c1CCCC2. The number of carbonyl (C=O) groups excluding carboxylic acids is 4. The number of anilines is 2. The number of hydrogen-bond donors (Lipinski definition) is 3. The minimum atomic E-state index is -0.670. The number of ether oxygens (including phenoxy) is 1. The summed E-state index contributed by atoms with van der Waals surface area (Å²) in [4.78, 5) is 55.3. The zero-order valence-electron chi connectivity index (χ0n) is 26.6. The van der Waals surface area contributed by atoms with Crippen LogP contribution in [0.4, 0.5) is 10.7 Å². The van der Waals surface area contributed by atoms with Gasteiger partial charge in [0.2, 0.25) is 5.91 Å². The second-order valence-electron chi connectivity index (χ2n) is 11.2. The van der Waals surface area contributed by atoms with Gasteiger partial charge in [0.25, 0.3) is 11.8 Å². The van der Waals surface area contributed by atoms with Gasteiger partial charge in [0.15, 0.2) is 0 Å². The van der Waals surface area contributed by atoms with Gasteiger partial charge >= 0.3 is 5.97 Å². The minimum Gasteiger partial charge on any atom is -0.465 e. The van der Waals surface area contributed by atoms with Gasteiger partial charge < -0.3 is 20.7 Å². The van der Waals surface area contributed by atoms with Crippen LogP contribution in [0.5, 0.6) is 0 Å². The number of hydrogen-bond acceptors (Lipinski definition) is 8. The molecule has 3 amide bonds. The Morgan fingerprint density at radius 2 is 1.63 bits per heavy atom. The van der Waals surface area contributed by atoms with Crippen LogP contribution < -0.4 is 16.0 Å². The number of thioether (sulfide) groups is 1. The number of carbonyl (C=O) groups is 4. The Morgan fingerprint density at radius 3 is 2.37 bits per heavy atom. The Bertz CT molecular complexity index is 1990. The van der Waals surface area contributed by atoms with Crippen LogP contribution in [0.15, 0.2) is 112 Å². The second-order valence-corrected chi connectivity index (χ2v) is 14.3. The predicted octanol–water partition coefficient (Wildman–Crippen LogP) is 8.36. The normalized spacial score (nSPS) is 13.1. The fraction of sp³-hybridized carbons (Fsp3) is 0.158. The Hall–Kier alpha value is -4.97. The Balaban J connectivity index is 1.23. The number of esters is 1. The molecule has 1 unspecified atom stereocenters. The lowest BCUT2D eigenvalue weighted by Crippen LogP contribution is -2.30. The van der Waals surface area contributed by atoms with E-state index in [4.69, 9.17) is 4.74 Å². The molecule has 5 aromatic rings. The summed E-state index contributed by atoms with van der Waals surface area (Å²) >= 11 is 4.26. The molecule has 0 aliphatic heterocycles. The van der Waals surface area contributed by atoms with Crippen LogP contribution in [0.3, 0.4) is 0 Å². The summed E-state index contributed by atoms with van der Waals surface area (Å²) in [6.07, 6.45) is 5.31. The van der Waals surface area contributed by atoms with E-state index < -0.39 is 23.0 Å². The molecule has 0 fully saturated rings. The number of nitrogens with one attached hydrogen (secondary N) is 3. The number of thiophene rings is 2. The van der Waals surface area contributed by atoms with Crippen molar-refractivity contribution in [1.29, 1.82) is 0 Å². The van der Waals surface area contributed by atoms with Gasteiger partial charge in [-0.2, -0.15) is 11.3 Å². The second kappa shape index (κ2) is 16.0. The summed E-state index contributed by atoms with van der Waals surface area (Å²) in [5.74, 6) is -1.62. The minimum absolute atomic E-state index is 0.0897. The molecule has 0 saturated heterocycles. The van der Waals surface area contributed by atoms with Crippen molar-refractivity contribution < 1.29 is 23.9 Å². The number of amides is 3. The zero-order valence-corrected chi connectivity index (χ0v) is 29.0. The van der Waals surface area contributed by atoms with E-state index in [0.29, 0.717) is 21.8 Å². The molecule has 11 heteroatoms. The fourth-order valence-electron chi connectivity index (χ4n) is 5.50. The first kappa shape index (κ1) is 33.9. The molecule has 0 radical (unpaired) electrons. The third kappa shape index (κ3) is 8.37. The molecule has 6 rings (SSSR count). The summed E-state index contributed by atoms with van der Waals surface area (Å²) < 4.78 is 5.11. The van der Waals surface area contributed by atoms with Crippen molar-refractivity contribution >= 4 is 74.9 Å². The lowest BCUT2D eigenvalue weighted by Gasteiger charge is -2.18. The van der Waals surface area contributed by atoms with Crippen LogP contribution in [-0.2, 0) is 27.2 Å². The lowest BCUT2D eigenvalue weighted by atomic mass is 9.95. The van der Waals surface area contributed by atoms with Crippen molar-refractivity contribution in [3.8, 4) is 0 Å². The number of benzene rings is 3. The molecule has 3 N–H and O–H groups in total. The average molecular weight is 708 g/mol. The van der Waals surface area contributed by atoms with E-state index in [1.54, 1.807) is 48.5 Å². The van der Waals surface area contributed by atoms with Crippen LogP contribution in [0.1, 0.15) is 60.4 Å². The Labute approximate surface area is 296 Å². The van der Waals surface area contributed by atoms with E-state index in [1.807, 2.05) is 59.3 Å². The van der Waals surface area contributed by atoms with Crippen LogP contribution in [0.2, 0.25) is 0 Å². The lowest BCUT2D eigenvalue weighted by molar-refractivity contribution is -0.116. The third-order valence-electron chi connectivity index (χ3n) is 7.87. The summed E-state index contributed by atoms with van der Waals surface area (Å²) in [5, 5.41) is 12.3. The molecule has 248 valence electrons. The van der Waals surface area contributed by atoms with E-state index in [-0.39, 0.29) is 11.6 Å². The molecule has 2 aromatic heterocycles. The molecular weight excluding hydrogens is 675 g/mol. The van der Waals surface area contributed by atoms with E-state index in [2.05, 4.69) is 16.0 Å². The Morgan fingerprint density at radius 1 is 0.878 bits per heavy atom. The van der Waals surface area contributed by atoms with E-state index in [1.165, 1.54) is 41.5 Å². The molecule has 2 heterocycles. The highest BCUT2D eigenvalue weighted by Crippen LogP contribution is 2.41. The van der Waals surface area contributed by atoms with Gasteiger partial charge in [0, 0.05) is 21.0 Å². The van der Waals surface area contributed by atoms with Gasteiger partial charge in [-0.1, -0.05) is 54.6 Å². The van der Waals surface area contributed by atoms with Crippen LogP contribution in [-0.4, -0.2) is 30.8 Å². The first-order valence-electron chi connectivity index (χ1n) is 15.7. The number of fused-ring (bicyclic) bond motifs is 1. The van der Waals surface area contributed by atoms with E-state index >= 15 is 0 Å². The zero-order chi connectivity index (χ0) is 34.2. The highest BCUT2D eigenvalue weighted by Gasteiger charge is 2.30.